The molecule has 6 nitrogen and oxygen atoms in total. The Labute approximate surface area is 127 Å². The number of amides is 2. The number of likely N-dealkylation sites (tertiary alicyclic amines) is 1. The summed E-state index contributed by atoms with van der Waals surface area (Å²) in [6.45, 7) is 11.1. The van der Waals surface area contributed by atoms with Crippen LogP contribution in [0.15, 0.2) is 0 Å². The monoisotopic (exact) mass is 299 g/mol. The second kappa shape index (κ2) is 7.11. The maximum absolute atomic E-state index is 12.2. The highest BCUT2D eigenvalue weighted by atomic mass is 16.6. The van der Waals surface area contributed by atoms with Crippen LogP contribution in [0.5, 0.6) is 0 Å². The van der Waals surface area contributed by atoms with Crippen molar-refractivity contribution in [3.63, 3.8) is 0 Å². The number of hydrogen-bond donors (Lipinski definition) is 1. The van der Waals surface area contributed by atoms with Crippen molar-refractivity contribution < 1.29 is 14.3 Å². The molecule has 0 bridgehead atoms. The summed E-state index contributed by atoms with van der Waals surface area (Å²) in [6, 6.07) is -0.336. The molecule has 2 N–H and O–H groups in total. The van der Waals surface area contributed by atoms with Crippen molar-refractivity contribution in [2.45, 2.75) is 65.1 Å². The third-order valence-electron chi connectivity index (χ3n) is 3.58. The Hall–Kier alpha value is -1.30. The van der Waals surface area contributed by atoms with Gasteiger partial charge in [0, 0.05) is 25.7 Å². The number of nitrogens with two attached hydrogens (primary N) is 1. The fourth-order valence-corrected chi connectivity index (χ4v) is 2.54. The van der Waals surface area contributed by atoms with E-state index in [2.05, 4.69) is 0 Å². The molecule has 6 heteroatoms. The summed E-state index contributed by atoms with van der Waals surface area (Å²) < 4.78 is 5.44. The zero-order valence-electron chi connectivity index (χ0n) is 13.9. The van der Waals surface area contributed by atoms with Gasteiger partial charge < -0.3 is 20.3 Å². The van der Waals surface area contributed by atoms with Gasteiger partial charge in [0.2, 0.25) is 5.91 Å². The van der Waals surface area contributed by atoms with Crippen LogP contribution in [0.2, 0.25) is 0 Å². The van der Waals surface area contributed by atoms with Crippen molar-refractivity contribution >= 4 is 12.0 Å². The number of nitrogens with zero attached hydrogens (tertiary/aromatic N) is 2. The molecule has 1 aliphatic heterocycles. The van der Waals surface area contributed by atoms with Gasteiger partial charge in [-0.05, 0) is 47.5 Å². The topological polar surface area (TPSA) is 75.9 Å². The zero-order chi connectivity index (χ0) is 16.2. The van der Waals surface area contributed by atoms with E-state index in [0.717, 1.165) is 12.8 Å². The van der Waals surface area contributed by atoms with Gasteiger partial charge in [-0.15, -0.1) is 0 Å². The second-order valence-corrected chi connectivity index (χ2v) is 6.61. The normalized spacial score (nSPS) is 18.3. The molecule has 0 spiro atoms. The lowest BCUT2D eigenvalue weighted by Crippen LogP contribution is -2.52. The minimum Gasteiger partial charge on any atom is -0.444 e. The van der Waals surface area contributed by atoms with Crippen molar-refractivity contribution in [1.29, 1.82) is 0 Å². The Morgan fingerprint density at radius 1 is 1.33 bits per heavy atom. The van der Waals surface area contributed by atoms with E-state index in [9.17, 15) is 9.59 Å². The minimum absolute atomic E-state index is 0.0197. The lowest BCUT2D eigenvalue weighted by molar-refractivity contribution is -0.133. The van der Waals surface area contributed by atoms with Crippen molar-refractivity contribution in [3.05, 3.63) is 0 Å². The summed E-state index contributed by atoms with van der Waals surface area (Å²) >= 11 is 0. The summed E-state index contributed by atoms with van der Waals surface area (Å²) in [7, 11) is 0. The lowest BCUT2D eigenvalue weighted by atomic mass is 10.0. The zero-order valence-corrected chi connectivity index (χ0v) is 13.9. The Morgan fingerprint density at radius 2 is 1.86 bits per heavy atom. The van der Waals surface area contributed by atoms with Crippen LogP contribution in [0.4, 0.5) is 4.79 Å². The third kappa shape index (κ3) is 5.19. The van der Waals surface area contributed by atoms with E-state index in [1.165, 1.54) is 0 Å². The van der Waals surface area contributed by atoms with Crippen LogP contribution in [0.3, 0.4) is 0 Å². The first kappa shape index (κ1) is 17.8. The number of piperidine rings is 1. The smallest absolute Gasteiger partial charge is 0.410 e. The first-order valence-corrected chi connectivity index (χ1v) is 7.69. The Balaban J connectivity index is 2.58. The van der Waals surface area contributed by atoms with Gasteiger partial charge >= 0.3 is 6.09 Å². The van der Waals surface area contributed by atoms with Crippen LogP contribution in [-0.2, 0) is 9.53 Å². The molecule has 0 aliphatic carbocycles. The first-order chi connectivity index (χ1) is 9.65. The molecule has 0 aromatic carbocycles. The summed E-state index contributed by atoms with van der Waals surface area (Å²) in [5.74, 6) is -0.0197. The maximum Gasteiger partial charge on any atom is 0.410 e. The molecular formula is C15H29N3O3. The predicted octanol–water partition coefficient (Wildman–Crippen LogP) is 1.58. The van der Waals surface area contributed by atoms with E-state index < -0.39 is 11.6 Å². The molecule has 1 heterocycles. The molecule has 0 aromatic heterocycles. The molecule has 21 heavy (non-hydrogen) atoms. The SMILES string of the molecule is CCN(C(=O)OC(C)(C)C)C1CCN(C(=O)[C@H](C)N)CC1. The van der Waals surface area contributed by atoms with Gasteiger partial charge in [0.15, 0.2) is 0 Å². The highest BCUT2D eigenvalue weighted by Crippen LogP contribution is 2.20. The van der Waals surface area contributed by atoms with Gasteiger partial charge in [-0.1, -0.05) is 0 Å². The molecule has 1 saturated heterocycles. The highest BCUT2D eigenvalue weighted by Gasteiger charge is 2.31. The van der Waals surface area contributed by atoms with Gasteiger partial charge in [-0.2, -0.15) is 0 Å². The molecule has 0 saturated carbocycles. The van der Waals surface area contributed by atoms with Crippen LogP contribution in [0, 0.1) is 0 Å². The molecule has 122 valence electrons. The van der Waals surface area contributed by atoms with Gasteiger partial charge in [-0.3, -0.25) is 4.79 Å². The highest BCUT2D eigenvalue weighted by molar-refractivity contribution is 5.81. The van der Waals surface area contributed by atoms with E-state index >= 15 is 0 Å². The molecule has 0 radical (unpaired) electrons. The molecule has 1 fully saturated rings. The van der Waals surface area contributed by atoms with Gasteiger partial charge in [0.05, 0.1) is 6.04 Å². The van der Waals surface area contributed by atoms with Crippen molar-refractivity contribution in [3.8, 4) is 0 Å². The first-order valence-electron chi connectivity index (χ1n) is 7.69. The molecule has 0 unspecified atom stereocenters. The molecule has 0 aromatic rings. The van der Waals surface area contributed by atoms with Crippen molar-refractivity contribution in [1.82, 2.24) is 9.80 Å². The van der Waals surface area contributed by atoms with Crippen LogP contribution < -0.4 is 5.73 Å². The van der Waals surface area contributed by atoms with Gasteiger partial charge in [0.25, 0.3) is 0 Å². The van der Waals surface area contributed by atoms with Crippen molar-refractivity contribution in [2.24, 2.45) is 5.73 Å². The standard InChI is InChI=1S/C15H29N3O3/c1-6-18(14(20)21-15(3,4)5)12-7-9-17(10-8-12)13(19)11(2)16/h11-12H,6-10,16H2,1-5H3/t11-/m0/s1. The second-order valence-electron chi connectivity index (χ2n) is 6.61. The Bertz CT molecular complexity index is 369. The van der Waals surface area contributed by atoms with E-state index in [0.29, 0.717) is 19.6 Å². The van der Waals surface area contributed by atoms with E-state index in [-0.39, 0.29) is 18.0 Å². The van der Waals surface area contributed by atoms with Crippen LogP contribution >= 0.6 is 0 Å². The number of rotatable bonds is 3. The van der Waals surface area contributed by atoms with Crippen LogP contribution in [0.1, 0.15) is 47.5 Å². The molecule has 1 rings (SSSR count). The maximum atomic E-state index is 12.2. The van der Waals surface area contributed by atoms with Gasteiger partial charge in [-0.25, -0.2) is 4.79 Å². The number of carbonyl (C=O) groups excluding carboxylic acids is 2. The van der Waals surface area contributed by atoms with Crippen LogP contribution in [-0.4, -0.2) is 59.1 Å². The molecular weight excluding hydrogens is 270 g/mol. The van der Waals surface area contributed by atoms with E-state index in [1.54, 1.807) is 16.7 Å². The van der Waals surface area contributed by atoms with Crippen molar-refractivity contribution in [2.75, 3.05) is 19.6 Å². The lowest BCUT2D eigenvalue weighted by Gasteiger charge is -2.39. The summed E-state index contributed by atoms with van der Waals surface area (Å²) in [5.41, 5.74) is 5.14. The number of carbonyl (C=O) groups is 2. The van der Waals surface area contributed by atoms with E-state index in [4.69, 9.17) is 10.5 Å². The Kier molecular flexibility index (Phi) is 6.01. The fraction of sp³-hybridized carbons (Fsp3) is 0.867. The molecule has 1 atom stereocenters. The summed E-state index contributed by atoms with van der Waals surface area (Å²) in [4.78, 5) is 27.6. The minimum atomic E-state index is -0.490. The fourth-order valence-electron chi connectivity index (χ4n) is 2.54. The average Bonchev–Trinajstić information content (AvgIpc) is 2.37. The van der Waals surface area contributed by atoms with E-state index in [1.807, 2.05) is 27.7 Å². The summed E-state index contributed by atoms with van der Waals surface area (Å²) in [6.07, 6.45) is 1.26. The molecule has 2 amide bonds. The largest absolute Gasteiger partial charge is 0.444 e. The quantitative estimate of drug-likeness (QED) is 0.858. The predicted molar refractivity (Wildman–Crippen MR) is 81.9 cm³/mol. The summed E-state index contributed by atoms with van der Waals surface area (Å²) in [5, 5.41) is 0. The van der Waals surface area contributed by atoms with Crippen LogP contribution in [0.25, 0.3) is 0 Å². The average molecular weight is 299 g/mol. The van der Waals surface area contributed by atoms with Gasteiger partial charge in [0.1, 0.15) is 5.60 Å². The Morgan fingerprint density at radius 3 is 2.24 bits per heavy atom. The number of hydrogen-bond acceptors (Lipinski definition) is 4. The molecule has 1 aliphatic rings. The third-order valence-corrected chi connectivity index (χ3v) is 3.58. The number of ether oxygens (including phenoxy) is 1.